The van der Waals surface area contributed by atoms with Crippen molar-refractivity contribution in [2.24, 2.45) is 0 Å². The van der Waals surface area contributed by atoms with Crippen LogP contribution in [0.5, 0.6) is 11.5 Å². The SMILES string of the molecule is COCCCN1C(=O)C(O)=C(C(=O)c2ccco2)C1c1ccc(O)c(OC)c1. The number of aliphatic hydroxyl groups excluding tert-OH is 1. The van der Waals surface area contributed by atoms with Crippen LogP contribution in [0.4, 0.5) is 0 Å². The summed E-state index contributed by atoms with van der Waals surface area (Å²) in [6.45, 7) is 0.678. The fourth-order valence-corrected chi connectivity index (χ4v) is 3.25. The van der Waals surface area contributed by atoms with Crippen LogP contribution >= 0.6 is 0 Å². The minimum atomic E-state index is -0.851. The van der Waals surface area contributed by atoms with Gasteiger partial charge in [0, 0.05) is 20.3 Å². The average molecular weight is 387 g/mol. The van der Waals surface area contributed by atoms with Crippen LogP contribution in [0.1, 0.15) is 28.6 Å². The van der Waals surface area contributed by atoms with Gasteiger partial charge in [0.05, 0.1) is 25.0 Å². The van der Waals surface area contributed by atoms with Crippen molar-refractivity contribution in [3.63, 3.8) is 0 Å². The van der Waals surface area contributed by atoms with Crippen molar-refractivity contribution in [2.45, 2.75) is 12.5 Å². The molecule has 28 heavy (non-hydrogen) atoms. The summed E-state index contributed by atoms with van der Waals surface area (Å²) in [4.78, 5) is 27.1. The Morgan fingerprint density at radius 2 is 2.04 bits per heavy atom. The number of ether oxygens (including phenoxy) is 2. The van der Waals surface area contributed by atoms with Gasteiger partial charge in [-0.05, 0) is 36.2 Å². The van der Waals surface area contributed by atoms with Crippen LogP contribution in [-0.2, 0) is 9.53 Å². The smallest absolute Gasteiger partial charge is 0.290 e. The van der Waals surface area contributed by atoms with Gasteiger partial charge in [-0.1, -0.05) is 6.07 Å². The maximum absolute atomic E-state index is 12.9. The molecular weight excluding hydrogens is 366 g/mol. The first-order valence-corrected chi connectivity index (χ1v) is 8.67. The fourth-order valence-electron chi connectivity index (χ4n) is 3.25. The fraction of sp³-hybridized carbons (Fsp3) is 0.300. The lowest BCUT2D eigenvalue weighted by Gasteiger charge is -2.27. The second-order valence-electron chi connectivity index (χ2n) is 6.25. The normalized spacial score (nSPS) is 16.7. The maximum Gasteiger partial charge on any atom is 0.290 e. The van der Waals surface area contributed by atoms with Gasteiger partial charge in [0.25, 0.3) is 5.91 Å². The van der Waals surface area contributed by atoms with Gasteiger partial charge in [0.1, 0.15) is 0 Å². The topological polar surface area (TPSA) is 109 Å². The molecule has 8 heteroatoms. The Balaban J connectivity index is 2.07. The number of aliphatic hydroxyl groups is 1. The molecule has 1 aromatic heterocycles. The number of rotatable bonds is 8. The molecule has 3 rings (SSSR count). The third kappa shape index (κ3) is 3.46. The Morgan fingerprint density at radius 3 is 2.68 bits per heavy atom. The number of amides is 1. The standard InChI is InChI=1S/C20H21NO7/c1-26-9-4-8-21-17(12-6-7-13(22)15(11-12)27-2)16(19(24)20(21)25)18(23)14-5-3-10-28-14/h3,5-7,10-11,17,22,24H,4,8-9H2,1-2H3. The highest BCUT2D eigenvalue weighted by atomic mass is 16.5. The van der Waals surface area contributed by atoms with E-state index in [0.29, 0.717) is 18.6 Å². The number of Topliss-reactive ketones (excluding diaryl/α,β-unsaturated/α-hetero) is 1. The van der Waals surface area contributed by atoms with E-state index >= 15 is 0 Å². The van der Waals surface area contributed by atoms with Crippen molar-refractivity contribution >= 4 is 11.7 Å². The minimum absolute atomic E-state index is 0.0174. The number of aromatic hydroxyl groups is 1. The molecule has 1 unspecified atom stereocenters. The number of nitrogens with zero attached hydrogens (tertiary/aromatic N) is 1. The van der Waals surface area contributed by atoms with Crippen molar-refractivity contribution in [2.75, 3.05) is 27.4 Å². The molecule has 0 saturated heterocycles. The molecular formula is C20H21NO7. The van der Waals surface area contributed by atoms with E-state index < -0.39 is 23.5 Å². The monoisotopic (exact) mass is 387 g/mol. The summed E-state index contributed by atoms with van der Waals surface area (Å²) in [7, 11) is 2.95. The first kappa shape index (κ1) is 19.5. The number of ketones is 1. The van der Waals surface area contributed by atoms with Crippen LogP contribution in [0.25, 0.3) is 0 Å². The Bertz CT molecular complexity index is 901. The van der Waals surface area contributed by atoms with E-state index in [9.17, 15) is 19.8 Å². The highest BCUT2D eigenvalue weighted by Crippen LogP contribution is 2.41. The molecule has 0 saturated carbocycles. The quantitative estimate of drug-likeness (QED) is 0.529. The van der Waals surface area contributed by atoms with E-state index in [0.717, 1.165) is 0 Å². The molecule has 0 fully saturated rings. The Kier molecular flexibility index (Phi) is 5.70. The third-order valence-electron chi connectivity index (χ3n) is 4.56. The molecule has 2 heterocycles. The van der Waals surface area contributed by atoms with Crippen molar-refractivity contribution < 1.29 is 33.7 Å². The molecule has 0 bridgehead atoms. The van der Waals surface area contributed by atoms with Crippen molar-refractivity contribution in [1.82, 2.24) is 4.90 Å². The molecule has 1 atom stereocenters. The molecule has 1 aromatic carbocycles. The van der Waals surface area contributed by atoms with Gasteiger partial charge in [-0.3, -0.25) is 9.59 Å². The Hall–Kier alpha value is -3.26. The number of hydrogen-bond donors (Lipinski definition) is 2. The molecule has 2 aromatic rings. The zero-order chi connectivity index (χ0) is 20.3. The highest BCUT2D eigenvalue weighted by molar-refractivity contribution is 6.15. The number of carbonyl (C=O) groups excluding carboxylic acids is 2. The van der Waals surface area contributed by atoms with Gasteiger partial charge < -0.3 is 29.0 Å². The zero-order valence-electron chi connectivity index (χ0n) is 15.5. The van der Waals surface area contributed by atoms with Crippen LogP contribution < -0.4 is 4.74 Å². The van der Waals surface area contributed by atoms with Gasteiger partial charge in [-0.15, -0.1) is 0 Å². The van der Waals surface area contributed by atoms with Gasteiger partial charge in [0.15, 0.2) is 23.0 Å². The minimum Gasteiger partial charge on any atom is -0.504 e. The molecule has 8 nitrogen and oxygen atoms in total. The molecule has 1 amide bonds. The lowest BCUT2D eigenvalue weighted by molar-refractivity contribution is -0.129. The van der Waals surface area contributed by atoms with Gasteiger partial charge in [-0.25, -0.2) is 0 Å². The number of furan rings is 1. The molecule has 1 aliphatic rings. The first-order valence-electron chi connectivity index (χ1n) is 8.67. The molecule has 1 aliphatic heterocycles. The third-order valence-corrected chi connectivity index (χ3v) is 4.56. The Labute approximate surface area is 161 Å². The lowest BCUT2D eigenvalue weighted by atomic mass is 9.94. The van der Waals surface area contributed by atoms with Crippen LogP contribution in [0.3, 0.4) is 0 Å². The summed E-state index contributed by atoms with van der Waals surface area (Å²) in [6, 6.07) is 6.69. The molecule has 0 radical (unpaired) electrons. The van der Waals surface area contributed by atoms with E-state index in [1.54, 1.807) is 19.2 Å². The van der Waals surface area contributed by atoms with Gasteiger partial charge in [-0.2, -0.15) is 0 Å². The van der Waals surface area contributed by atoms with E-state index in [4.69, 9.17) is 13.9 Å². The van der Waals surface area contributed by atoms with Gasteiger partial charge in [0.2, 0.25) is 5.78 Å². The predicted octanol–water partition coefficient (Wildman–Crippen LogP) is 2.61. The second kappa shape index (κ2) is 8.18. The van der Waals surface area contributed by atoms with E-state index in [-0.39, 0.29) is 29.4 Å². The summed E-state index contributed by atoms with van der Waals surface area (Å²) in [5, 5.41) is 20.4. The van der Waals surface area contributed by atoms with Crippen LogP contribution in [0, 0.1) is 0 Å². The van der Waals surface area contributed by atoms with Crippen molar-refractivity contribution in [3.05, 3.63) is 59.3 Å². The molecule has 0 spiro atoms. The average Bonchev–Trinajstić information content (AvgIpc) is 3.31. The van der Waals surface area contributed by atoms with Crippen LogP contribution in [-0.4, -0.2) is 54.2 Å². The van der Waals surface area contributed by atoms with Gasteiger partial charge >= 0.3 is 0 Å². The van der Waals surface area contributed by atoms with Crippen LogP contribution in [0.2, 0.25) is 0 Å². The zero-order valence-corrected chi connectivity index (χ0v) is 15.5. The first-order chi connectivity index (χ1) is 13.5. The summed E-state index contributed by atoms with van der Waals surface area (Å²) in [5.41, 5.74) is 0.435. The van der Waals surface area contributed by atoms with Crippen LogP contribution in [0.15, 0.2) is 52.3 Å². The Morgan fingerprint density at radius 1 is 1.25 bits per heavy atom. The maximum atomic E-state index is 12.9. The van der Waals surface area contributed by atoms with E-state index in [1.165, 1.54) is 36.5 Å². The largest absolute Gasteiger partial charge is 0.504 e. The number of phenolic OH excluding ortho intramolecular Hbond substituents is 1. The van der Waals surface area contributed by atoms with Crippen molar-refractivity contribution in [3.8, 4) is 11.5 Å². The number of methoxy groups -OCH3 is 2. The molecule has 0 aliphatic carbocycles. The highest BCUT2D eigenvalue weighted by Gasteiger charge is 2.44. The number of benzene rings is 1. The lowest BCUT2D eigenvalue weighted by Crippen LogP contribution is -2.32. The summed E-state index contributed by atoms with van der Waals surface area (Å²) >= 11 is 0. The number of hydrogen-bond acceptors (Lipinski definition) is 7. The second-order valence-corrected chi connectivity index (χ2v) is 6.25. The number of phenols is 1. The summed E-state index contributed by atoms with van der Waals surface area (Å²) in [6.07, 6.45) is 1.86. The van der Waals surface area contributed by atoms with E-state index in [1.807, 2.05) is 0 Å². The molecule has 148 valence electrons. The summed E-state index contributed by atoms with van der Waals surface area (Å²) in [5.74, 6) is -1.71. The predicted molar refractivity (Wildman–Crippen MR) is 98.3 cm³/mol. The molecule has 2 N–H and O–H groups in total. The summed E-state index contributed by atoms with van der Waals surface area (Å²) < 4.78 is 15.4. The number of carbonyl (C=O) groups is 2. The van der Waals surface area contributed by atoms with Crippen molar-refractivity contribution in [1.29, 1.82) is 0 Å². The van der Waals surface area contributed by atoms with E-state index in [2.05, 4.69) is 0 Å².